The average Bonchev–Trinajstić information content (AvgIpc) is 2.71. The number of carbonyl (C=O) groups excluding carboxylic acids is 3. The first kappa shape index (κ1) is 21.4. The average molecular weight is 381 g/mol. The molecule has 0 bridgehead atoms. The van der Waals surface area contributed by atoms with E-state index in [9.17, 15) is 14.4 Å². The number of aryl methyl sites for hydroxylation is 2. The van der Waals surface area contributed by atoms with Gasteiger partial charge in [-0.05, 0) is 55.0 Å². The highest BCUT2D eigenvalue weighted by Gasteiger charge is 2.13. The van der Waals surface area contributed by atoms with Crippen LogP contribution >= 0.6 is 0 Å². The number of carbonyl (C=O) groups is 3. The van der Waals surface area contributed by atoms with Gasteiger partial charge in [0.1, 0.15) is 6.54 Å². The number of Topliss-reactive ketones (excluding diaryl/α,β-unsaturated/α-hetero) is 1. The van der Waals surface area contributed by atoms with Gasteiger partial charge in [-0.3, -0.25) is 14.4 Å². The summed E-state index contributed by atoms with van der Waals surface area (Å²) in [7, 11) is 0. The maximum absolute atomic E-state index is 12.2. The minimum Gasteiger partial charge on any atom is -0.456 e. The van der Waals surface area contributed by atoms with E-state index in [1.807, 2.05) is 32.0 Å². The van der Waals surface area contributed by atoms with Crippen LogP contribution in [-0.4, -0.2) is 30.8 Å². The van der Waals surface area contributed by atoms with E-state index in [4.69, 9.17) is 4.74 Å². The van der Waals surface area contributed by atoms with Crippen LogP contribution in [0, 0.1) is 13.8 Å². The lowest BCUT2D eigenvalue weighted by molar-refractivity contribution is -0.141. The highest BCUT2D eigenvalue weighted by atomic mass is 16.5. The van der Waals surface area contributed by atoms with E-state index in [0.717, 1.165) is 17.5 Å². The Bertz CT molecular complexity index is 855. The van der Waals surface area contributed by atoms with E-state index in [-0.39, 0.29) is 24.8 Å². The Hall–Kier alpha value is -2.95. The fraction of sp³-hybridized carbons (Fsp3) is 0.348. The zero-order valence-corrected chi connectivity index (χ0v) is 16.9. The van der Waals surface area contributed by atoms with Gasteiger partial charge in [-0.1, -0.05) is 44.2 Å². The van der Waals surface area contributed by atoms with Crippen molar-refractivity contribution >= 4 is 17.7 Å². The molecule has 0 unspecified atom stereocenters. The lowest BCUT2D eigenvalue weighted by atomic mass is 9.97. The van der Waals surface area contributed by atoms with Crippen molar-refractivity contribution in [1.82, 2.24) is 5.32 Å². The van der Waals surface area contributed by atoms with Crippen LogP contribution < -0.4 is 5.32 Å². The summed E-state index contributed by atoms with van der Waals surface area (Å²) in [6.07, 6.45) is 1.03. The van der Waals surface area contributed by atoms with Gasteiger partial charge >= 0.3 is 5.97 Å². The Morgan fingerprint density at radius 2 is 1.61 bits per heavy atom. The minimum atomic E-state index is -0.651. The van der Waals surface area contributed by atoms with Gasteiger partial charge in [0.2, 0.25) is 0 Å². The SMILES string of the molecule is CC[C@H](C)c1ccc(C(=O)COC(=O)CNC(=O)c2ccc(C)c(C)c2)cc1. The molecule has 0 spiro atoms. The second-order valence-corrected chi connectivity index (χ2v) is 7.00. The molecule has 148 valence electrons. The monoisotopic (exact) mass is 381 g/mol. The number of benzene rings is 2. The molecular weight excluding hydrogens is 354 g/mol. The third-order valence-electron chi connectivity index (χ3n) is 4.94. The first-order chi connectivity index (χ1) is 13.3. The number of rotatable bonds is 8. The van der Waals surface area contributed by atoms with Crippen molar-refractivity contribution in [2.24, 2.45) is 0 Å². The molecule has 0 aliphatic heterocycles. The summed E-state index contributed by atoms with van der Waals surface area (Å²) >= 11 is 0. The van der Waals surface area contributed by atoms with Crippen LogP contribution in [0.15, 0.2) is 42.5 Å². The highest BCUT2D eigenvalue weighted by molar-refractivity contribution is 5.99. The minimum absolute atomic E-state index is 0.274. The fourth-order valence-electron chi connectivity index (χ4n) is 2.65. The summed E-state index contributed by atoms with van der Waals surface area (Å²) in [6.45, 7) is 7.49. The first-order valence-electron chi connectivity index (χ1n) is 9.46. The lowest BCUT2D eigenvalue weighted by Crippen LogP contribution is -2.31. The molecule has 0 fully saturated rings. The highest BCUT2D eigenvalue weighted by Crippen LogP contribution is 2.19. The van der Waals surface area contributed by atoms with Gasteiger partial charge in [0.15, 0.2) is 12.4 Å². The van der Waals surface area contributed by atoms with Crippen molar-refractivity contribution in [2.75, 3.05) is 13.2 Å². The molecule has 1 N–H and O–H groups in total. The van der Waals surface area contributed by atoms with Crippen LogP contribution in [0.3, 0.4) is 0 Å². The maximum atomic E-state index is 12.2. The van der Waals surface area contributed by atoms with Gasteiger partial charge in [0, 0.05) is 11.1 Å². The van der Waals surface area contributed by atoms with Gasteiger partial charge in [-0.2, -0.15) is 0 Å². The molecule has 5 heteroatoms. The third-order valence-corrected chi connectivity index (χ3v) is 4.94. The molecule has 0 aromatic heterocycles. The lowest BCUT2D eigenvalue weighted by Gasteiger charge is -2.10. The first-order valence-corrected chi connectivity index (χ1v) is 9.46. The van der Waals surface area contributed by atoms with E-state index in [2.05, 4.69) is 19.2 Å². The molecule has 1 amide bonds. The molecule has 1 atom stereocenters. The predicted octanol–water partition coefficient (Wildman–Crippen LogP) is 3.97. The summed E-state index contributed by atoms with van der Waals surface area (Å²) < 4.78 is 4.98. The zero-order valence-electron chi connectivity index (χ0n) is 16.9. The Morgan fingerprint density at radius 3 is 2.21 bits per heavy atom. The van der Waals surface area contributed by atoms with E-state index in [1.54, 1.807) is 24.3 Å². The van der Waals surface area contributed by atoms with Crippen LogP contribution in [0.1, 0.15) is 63.6 Å². The standard InChI is InChI=1S/C23H27NO4/c1-5-15(2)18-8-10-19(11-9-18)21(25)14-28-22(26)13-24-23(27)20-7-6-16(3)17(4)12-20/h6-12,15H,5,13-14H2,1-4H3,(H,24,27)/t15-/m0/s1. The summed E-state index contributed by atoms with van der Waals surface area (Å²) in [5.74, 6) is -0.846. The second kappa shape index (κ2) is 9.83. The number of amides is 1. The van der Waals surface area contributed by atoms with Gasteiger partial charge in [-0.25, -0.2) is 0 Å². The number of ether oxygens (including phenoxy) is 1. The second-order valence-electron chi connectivity index (χ2n) is 7.00. The van der Waals surface area contributed by atoms with E-state index < -0.39 is 5.97 Å². The van der Waals surface area contributed by atoms with Crippen LogP contribution in [0.5, 0.6) is 0 Å². The fourth-order valence-corrected chi connectivity index (χ4v) is 2.65. The largest absolute Gasteiger partial charge is 0.456 e. The number of ketones is 1. The molecule has 0 heterocycles. The summed E-state index contributed by atoms with van der Waals surface area (Å²) in [6, 6.07) is 12.7. The molecule has 0 aliphatic carbocycles. The van der Waals surface area contributed by atoms with Crippen molar-refractivity contribution in [3.05, 3.63) is 70.3 Å². The maximum Gasteiger partial charge on any atom is 0.325 e. The summed E-state index contributed by atoms with van der Waals surface area (Å²) in [4.78, 5) is 36.1. The smallest absolute Gasteiger partial charge is 0.325 e. The molecule has 2 rings (SSSR count). The third kappa shape index (κ3) is 5.78. The van der Waals surface area contributed by atoms with Gasteiger partial charge in [0.05, 0.1) is 0 Å². The normalized spacial score (nSPS) is 11.6. The Morgan fingerprint density at radius 1 is 0.964 bits per heavy atom. The van der Waals surface area contributed by atoms with Crippen molar-refractivity contribution in [2.45, 2.75) is 40.0 Å². The molecule has 2 aromatic carbocycles. The topological polar surface area (TPSA) is 72.5 Å². The van der Waals surface area contributed by atoms with Crippen molar-refractivity contribution < 1.29 is 19.1 Å². The molecule has 0 radical (unpaired) electrons. The van der Waals surface area contributed by atoms with Crippen molar-refractivity contribution in [3.63, 3.8) is 0 Å². The van der Waals surface area contributed by atoms with Crippen LogP contribution in [0.25, 0.3) is 0 Å². The van der Waals surface area contributed by atoms with Crippen molar-refractivity contribution in [1.29, 1.82) is 0 Å². The van der Waals surface area contributed by atoms with Crippen LogP contribution in [-0.2, 0) is 9.53 Å². The Labute approximate surface area is 166 Å². The van der Waals surface area contributed by atoms with E-state index in [1.165, 1.54) is 5.56 Å². The summed E-state index contributed by atoms with van der Waals surface area (Å²) in [5, 5.41) is 2.51. The number of nitrogens with one attached hydrogen (secondary N) is 1. The predicted molar refractivity (Wildman–Crippen MR) is 109 cm³/mol. The van der Waals surface area contributed by atoms with Crippen LogP contribution in [0.2, 0.25) is 0 Å². The van der Waals surface area contributed by atoms with Gasteiger partial charge in [0.25, 0.3) is 5.91 Å². The quantitative estimate of drug-likeness (QED) is 0.555. The number of esters is 1. The molecule has 28 heavy (non-hydrogen) atoms. The Kier molecular flexibility index (Phi) is 7.50. The Balaban J connectivity index is 1.80. The number of hydrogen-bond donors (Lipinski definition) is 1. The van der Waals surface area contributed by atoms with Gasteiger partial charge in [-0.15, -0.1) is 0 Å². The zero-order chi connectivity index (χ0) is 20.7. The molecule has 2 aromatic rings. The molecule has 5 nitrogen and oxygen atoms in total. The van der Waals surface area contributed by atoms with Crippen LogP contribution in [0.4, 0.5) is 0 Å². The van der Waals surface area contributed by atoms with Crippen molar-refractivity contribution in [3.8, 4) is 0 Å². The molecule has 0 saturated carbocycles. The molecular formula is C23H27NO4. The number of hydrogen-bond acceptors (Lipinski definition) is 4. The van der Waals surface area contributed by atoms with E-state index >= 15 is 0 Å². The van der Waals surface area contributed by atoms with E-state index in [0.29, 0.717) is 17.0 Å². The molecule has 0 saturated heterocycles. The molecule has 0 aliphatic rings. The summed E-state index contributed by atoms with van der Waals surface area (Å²) in [5.41, 5.74) is 4.24. The van der Waals surface area contributed by atoms with Gasteiger partial charge < -0.3 is 10.1 Å².